The SMILES string of the molecule is O=[N+]([O-])c1cc(CNCCCCO)c(F)cc1F. The van der Waals surface area contributed by atoms with Crippen LogP contribution in [0.15, 0.2) is 12.1 Å². The Hall–Kier alpha value is -1.60. The molecular formula is C11H14F2N2O3. The molecule has 100 valence electrons. The van der Waals surface area contributed by atoms with Crippen molar-refractivity contribution in [2.45, 2.75) is 19.4 Å². The van der Waals surface area contributed by atoms with Crippen molar-refractivity contribution in [1.29, 1.82) is 0 Å². The van der Waals surface area contributed by atoms with Crippen LogP contribution in [-0.4, -0.2) is 23.2 Å². The number of nitro groups is 1. The average Bonchev–Trinajstić information content (AvgIpc) is 2.30. The van der Waals surface area contributed by atoms with Gasteiger partial charge in [-0.05, 0) is 19.4 Å². The van der Waals surface area contributed by atoms with Crippen molar-refractivity contribution in [2.24, 2.45) is 0 Å². The van der Waals surface area contributed by atoms with E-state index in [2.05, 4.69) is 5.32 Å². The Bertz CT molecular complexity index is 427. The molecule has 0 unspecified atom stereocenters. The number of aliphatic hydroxyl groups excluding tert-OH is 1. The highest BCUT2D eigenvalue weighted by molar-refractivity contribution is 5.37. The molecule has 0 fully saturated rings. The van der Waals surface area contributed by atoms with E-state index in [1.807, 2.05) is 0 Å². The van der Waals surface area contributed by atoms with Crippen LogP contribution in [0.2, 0.25) is 0 Å². The number of nitrogens with one attached hydrogen (secondary N) is 1. The maximum atomic E-state index is 13.3. The predicted molar refractivity (Wildman–Crippen MR) is 61.0 cm³/mol. The summed E-state index contributed by atoms with van der Waals surface area (Å²) in [5, 5.41) is 21.9. The lowest BCUT2D eigenvalue weighted by molar-refractivity contribution is -0.387. The number of halogens is 2. The second-order valence-corrected chi connectivity index (χ2v) is 3.76. The minimum Gasteiger partial charge on any atom is -0.396 e. The molecule has 0 saturated heterocycles. The summed E-state index contributed by atoms with van der Waals surface area (Å²) in [6.45, 7) is 0.710. The number of unbranched alkanes of at least 4 members (excludes halogenated alkanes) is 1. The van der Waals surface area contributed by atoms with Crippen LogP contribution >= 0.6 is 0 Å². The second kappa shape index (κ2) is 6.97. The van der Waals surface area contributed by atoms with Crippen LogP contribution in [0, 0.1) is 21.7 Å². The van der Waals surface area contributed by atoms with Crippen molar-refractivity contribution in [3.05, 3.63) is 39.4 Å². The zero-order valence-electron chi connectivity index (χ0n) is 9.66. The van der Waals surface area contributed by atoms with Crippen LogP contribution in [0.25, 0.3) is 0 Å². The van der Waals surface area contributed by atoms with Crippen LogP contribution in [0.3, 0.4) is 0 Å². The fourth-order valence-corrected chi connectivity index (χ4v) is 1.44. The number of rotatable bonds is 7. The predicted octanol–water partition coefficient (Wildman–Crippen LogP) is 1.74. The second-order valence-electron chi connectivity index (χ2n) is 3.76. The van der Waals surface area contributed by atoms with Crippen molar-refractivity contribution in [2.75, 3.05) is 13.2 Å². The van der Waals surface area contributed by atoms with Gasteiger partial charge in [-0.3, -0.25) is 10.1 Å². The third-order valence-corrected chi connectivity index (χ3v) is 2.39. The number of nitrogens with zero attached hydrogens (tertiary/aromatic N) is 1. The van der Waals surface area contributed by atoms with Crippen LogP contribution in [0.1, 0.15) is 18.4 Å². The molecule has 1 aromatic carbocycles. The largest absolute Gasteiger partial charge is 0.396 e. The minimum absolute atomic E-state index is 0.0482. The summed E-state index contributed by atoms with van der Waals surface area (Å²) in [6.07, 6.45) is 1.33. The van der Waals surface area contributed by atoms with Crippen molar-refractivity contribution in [3.63, 3.8) is 0 Å². The molecule has 0 spiro atoms. The normalized spacial score (nSPS) is 10.6. The fourth-order valence-electron chi connectivity index (χ4n) is 1.44. The lowest BCUT2D eigenvalue weighted by Crippen LogP contribution is -2.16. The molecule has 5 nitrogen and oxygen atoms in total. The van der Waals surface area contributed by atoms with Crippen LogP contribution in [0.4, 0.5) is 14.5 Å². The summed E-state index contributed by atoms with van der Waals surface area (Å²) in [5.41, 5.74) is -0.685. The summed E-state index contributed by atoms with van der Waals surface area (Å²) in [4.78, 5) is 9.61. The first kappa shape index (κ1) is 14.5. The lowest BCUT2D eigenvalue weighted by atomic mass is 10.1. The van der Waals surface area contributed by atoms with Gasteiger partial charge in [-0.15, -0.1) is 0 Å². The van der Waals surface area contributed by atoms with Crippen LogP contribution in [0.5, 0.6) is 0 Å². The molecule has 1 rings (SSSR count). The minimum atomic E-state index is -1.18. The highest BCUT2D eigenvalue weighted by atomic mass is 19.1. The van der Waals surface area contributed by atoms with Crippen LogP contribution in [-0.2, 0) is 6.54 Å². The van der Waals surface area contributed by atoms with Gasteiger partial charge in [0.05, 0.1) is 4.92 Å². The Morgan fingerprint density at radius 1 is 1.28 bits per heavy atom. The molecule has 0 amide bonds. The van der Waals surface area contributed by atoms with Crippen molar-refractivity contribution in [1.82, 2.24) is 5.32 Å². The molecule has 0 aliphatic rings. The van der Waals surface area contributed by atoms with Gasteiger partial charge >= 0.3 is 5.69 Å². The summed E-state index contributed by atoms with van der Waals surface area (Å²) < 4.78 is 26.4. The molecule has 18 heavy (non-hydrogen) atoms. The van der Waals surface area contributed by atoms with Crippen molar-refractivity contribution < 1.29 is 18.8 Å². The van der Waals surface area contributed by atoms with Gasteiger partial charge in [-0.1, -0.05) is 0 Å². The molecule has 0 aliphatic heterocycles. The lowest BCUT2D eigenvalue weighted by Gasteiger charge is -2.06. The quantitative estimate of drug-likeness (QED) is 0.445. The Kier molecular flexibility index (Phi) is 5.60. The monoisotopic (exact) mass is 260 g/mol. The van der Waals surface area contributed by atoms with Gasteiger partial charge in [-0.2, -0.15) is 4.39 Å². The molecule has 2 N–H and O–H groups in total. The molecule has 7 heteroatoms. The maximum absolute atomic E-state index is 13.3. The van der Waals surface area contributed by atoms with E-state index < -0.39 is 22.2 Å². The Balaban J connectivity index is 2.65. The molecule has 0 bridgehead atoms. The van der Waals surface area contributed by atoms with Gasteiger partial charge in [0, 0.05) is 30.8 Å². The fraction of sp³-hybridized carbons (Fsp3) is 0.455. The summed E-state index contributed by atoms with van der Waals surface area (Å²) in [6, 6.07) is 1.41. The topological polar surface area (TPSA) is 75.4 Å². The van der Waals surface area contributed by atoms with Gasteiger partial charge in [-0.25, -0.2) is 4.39 Å². The first-order valence-corrected chi connectivity index (χ1v) is 5.50. The number of hydrogen-bond acceptors (Lipinski definition) is 4. The van der Waals surface area contributed by atoms with Gasteiger partial charge in [0.1, 0.15) is 5.82 Å². The van der Waals surface area contributed by atoms with Crippen molar-refractivity contribution in [3.8, 4) is 0 Å². The van der Waals surface area contributed by atoms with E-state index in [-0.39, 0.29) is 18.7 Å². The molecular weight excluding hydrogens is 246 g/mol. The smallest absolute Gasteiger partial charge is 0.305 e. The first-order valence-electron chi connectivity index (χ1n) is 5.50. The van der Waals surface area contributed by atoms with Gasteiger partial charge in [0.15, 0.2) is 0 Å². The first-order chi connectivity index (χ1) is 8.56. The summed E-state index contributed by atoms with van der Waals surface area (Å²) in [5.74, 6) is -1.99. The highest BCUT2D eigenvalue weighted by Gasteiger charge is 2.17. The van der Waals surface area contributed by atoms with Gasteiger partial charge in [0.2, 0.25) is 5.82 Å². The number of hydrogen-bond donors (Lipinski definition) is 2. The van der Waals surface area contributed by atoms with E-state index in [0.717, 1.165) is 6.07 Å². The van der Waals surface area contributed by atoms with Gasteiger partial charge < -0.3 is 10.4 Å². The van der Waals surface area contributed by atoms with E-state index in [1.165, 1.54) is 0 Å². The maximum Gasteiger partial charge on any atom is 0.305 e. The summed E-state index contributed by atoms with van der Waals surface area (Å²) in [7, 11) is 0. The molecule has 0 heterocycles. The Morgan fingerprint density at radius 3 is 2.61 bits per heavy atom. The van der Waals surface area contributed by atoms with Gasteiger partial charge in [0.25, 0.3) is 0 Å². The van der Waals surface area contributed by atoms with E-state index in [1.54, 1.807) is 0 Å². The number of benzene rings is 1. The Morgan fingerprint density at radius 2 is 2.00 bits per heavy atom. The van der Waals surface area contributed by atoms with Crippen LogP contribution < -0.4 is 5.32 Å². The number of nitro benzene ring substituents is 1. The number of aliphatic hydroxyl groups is 1. The highest BCUT2D eigenvalue weighted by Crippen LogP contribution is 2.21. The zero-order chi connectivity index (χ0) is 13.5. The third-order valence-electron chi connectivity index (χ3n) is 2.39. The standard InChI is InChI=1S/C11H14F2N2O3/c12-9-6-10(13)11(15(17)18)5-8(9)7-14-3-1-2-4-16/h5-6,14,16H,1-4,7H2. The third kappa shape index (κ3) is 4.01. The van der Waals surface area contributed by atoms with E-state index in [9.17, 15) is 18.9 Å². The molecule has 0 saturated carbocycles. The summed E-state index contributed by atoms with van der Waals surface area (Å²) >= 11 is 0. The van der Waals surface area contributed by atoms with Crippen molar-refractivity contribution >= 4 is 5.69 Å². The molecule has 0 radical (unpaired) electrons. The molecule has 0 aliphatic carbocycles. The van der Waals surface area contributed by atoms with E-state index in [4.69, 9.17) is 5.11 Å². The zero-order valence-corrected chi connectivity index (χ0v) is 9.66. The average molecular weight is 260 g/mol. The molecule has 1 aromatic rings. The van der Waals surface area contributed by atoms with E-state index in [0.29, 0.717) is 25.5 Å². The Labute approximate surface area is 103 Å². The molecule has 0 atom stereocenters. The van der Waals surface area contributed by atoms with E-state index >= 15 is 0 Å². The molecule has 0 aromatic heterocycles.